The van der Waals surface area contributed by atoms with Crippen molar-refractivity contribution in [3.05, 3.63) is 0 Å². The number of β-amino-alcohol motifs (C(OH)–C–C–N with tert-alkyl or cyclic N) is 1. The lowest BCUT2D eigenvalue weighted by molar-refractivity contribution is -0.132. The molecule has 0 aromatic carbocycles. The number of hydrogen-bond acceptors (Lipinski definition) is 2. The number of hydrogen-bond donors (Lipinski definition) is 1. The van der Waals surface area contributed by atoms with Crippen molar-refractivity contribution < 1.29 is 9.90 Å². The van der Waals surface area contributed by atoms with Gasteiger partial charge in [-0.3, -0.25) is 4.79 Å². The third-order valence-corrected chi connectivity index (χ3v) is 3.76. The molecule has 1 heterocycles. The lowest BCUT2D eigenvalue weighted by Crippen LogP contribution is -2.35. The van der Waals surface area contributed by atoms with E-state index in [9.17, 15) is 9.90 Å². The van der Waals surface area contributed by atoms with E-state index in [0.29, 0.717) is 31.8 Å². The predicted octanol–water partition coefficient (Wildman–Crippen LogP) is 2.04. The van der Waals surface area contributed by atoms with Gasteiger partial charge < -0.3 is 10.0 Å². The first kappa shape index (κ1) is 13.5. The number of carbonyl (C=O) groups is 1. The third kappa shape index (κ3) is 3.48. The van der Waals surface area contributed by atoms with Gasteiger partial charge in [0.25, 0.3) is 0 Å². The average molecular weight is 227 g/mol. The molecule has 1 amide bonds. The summed E-state index contributed by atoms with van der Waals surface area (Å²) in [6.07, 6.45) is 1.28. The molecule has 1 aliphatic heterocycles. The Morgan fingerprint density at radius 2 is 2.06 bits per heavy atom. The Bertz CT molecular complexity index is 266. The number of likely N-dealkylation sites (tertiary alicyclic amines) is 1. The first-order valence-corrected chi connectivity index (χ1v) is 6.12. The van der Waals surface area contributed by atoms with Crippen LogP contribution in [0.15, 0.2) is 0 Å². The van der Waals surface area contributed by atoms with Gasteiger partial charge in [0.1, 0.15) is 0 Å². The van der Waals surface area contributed by atoms with Crippen LogP contribution in [0.4, 0.5) is 0 Å². The predicted molar refractivity (Wildman–Crippen MR) is 65.1 cm³/mol. The van der Waals surface area contributed by atoms with E-state index in [2.05, 4.69) is 27.7 Å². The van der Waals surface area contributed by atoms with Crippen molar-refractivity contribution in [2.45, 2.75) is 53.1 Å². The van der Waals surface area contributed by atoms with E-state index in [4.69, 9.17) is 0 Å². The van der Waals surface area contributed by atoms with Gasteiger partial charge in [0.15, 0.2) is 0 Å². The Morgan fingerprint density at radius 1 is 1.50 bits per heavy atom. The van der Waals surface area contributed by atoms with E-state index in [0.717, 1.165) is 0 Å². The maximum atomic E-state index is 12.0. The highest BCUT2D eigenvalue weighted by molar-refractivity contribution is 5.76. The van der Waals surface area contributed by atoms with Gasteiger partial charge in [-0.25, -0.2) is 0 Å². The highest BCUT2D eigenvalue weighted by Gasteiger charge is 2.35. The second-order valence-corrected chi connectivity index (χ2v) is 6.53. The molecule has 3 nitrogen and oxygen atoms in total. The Morgan fingerprint density at radius 3 is 2.44 bits per heavy atom. The summed E-state index contributed by atoms with van der Waals surface area (Å²) in [6, 6.07) is 0. The highest BCUT2D eigenvalue weighted by atomic mass is 16.3. The standard InChI is InChI=1S/C13H25NO2/c1-10(12(2,3)4)8-11(15)14-7-6-13(5,16)9-14/h10,16H,6-9H2,1-5H3. The summed E-state index contributed by atoms with van der Waals surface area (Å²) in [5.74, 6) is 0.547. The van der Waals surface area contributed by atoms with Gasteiger partial charge in [-0.2, -0.15) is 0 Å². The van der Waals surface area contributed by atoms with Crippen LogP contribution < -0.4 is 0 Å². The normalized spacial score (nSPS) is 28.2. The topological polar surface area (TPSA) is 40.5 Å². The molecule has 0 saturated carbocycles. The fraction of sp³-hybridized carbons (Fsp3) is 0.923. The Labute approximate surface area is 98.8 Å². The van der Waals surface area contributed by atoms with Crippen molar-refractivity contribution >= 4 is 5.91 Å². The van der Waals surface area contributed by atoms with E-state index in [1.54, 1.807) is 11.8 Å². The van der Waals surface area contributed by atoms with Gasteiger partial charge in [0.05, 0.1) is 5.60 Å². The summed E-state index contributed by atoms with van der Waals surface area (Å²) in [5, 5.41) is 9.81. The maximum absolute atomic E-state index is 12.0. The minimum atomic E-state index is -0.680. The molecule has 0 bridgehead atoms. The molecule has 2 atom stereocenters. The number of aliphatic hydroxyl groups is 1. The smallest absolute Gasteiger partial charge is 0.222 e. The second kappa shape index (κ2) is 4.36. The maximum Gasteiger partial charge on any atom is 0.222 e. The molecule has 0 aromatic heterocycles. The third-order valence-electron chi connectivity index (χ3n) is 3.76. The van der Waals surface area contributed by atoms with Crippen LogP contribution in [-0.4, -0.2) is 34.6 Å². The van der Waals surface area contributed by atoms with Crippen molar-refractivity contribution in [2.75, 3.05) is 13.1 Å². The fourth-order valence-electron chi connectivity index (χ4n) is 1.86. The monoisotopic (exact) mass is 227 g/mol. The molecule has 1 aliphatic rings. The SMILES string of the molecule is CC(CC(=O)N1CCC(C)(O)C1)C(C)(C)C. The number of carbonyl (C=O) groups excluding carboxylic acids is 1. The van der Waals surface area contributed by atoms with Gasteiger partial charge in [0.2, 0.25) is 5.91 Å². The zero-order valence-electron chi connectivity index (χ0n) is 11.2. The molecule has 1 fully saturated rings. The molecule has 1 N–H and O–H groups in total. The molecule has 1 saturated heterocycles. The van der Waals surface area contributed by atoms with Gasteiger partial charge in [0, 0.05) is 19.5 Å². The average Bonchev–Trinajstić information content (AvgIpc) is 2.44. The fourth-order valence-corrected chi connectivity index (χ4v) is 1.86. The molecule has 2 unspecified atom stereocenters. The summed E-state index contributed by atoms with van der Waals surface area (Å²) in [7, 11) is 0. The van der Waals surface area contributed by atoms with Crippen molar-refractivity contribution in [3.63, 3.8) is 0 Å². The molecule has 1 rings (SSSR count). The summed E-state index contributed by atoms with van der Waals surface area (Å²) >= 11 is 0. The quantitative estimate of drug-likeness (QED) is 0.784. The van der Waals surface area contributed by atoms with Gasteiger partial charge >= 0.3 is 0 Å². The highest BCUT2D eigenvalue weighted by Crippen LogP contribution is 2.29. The summed E-state index contributed by atoms with van der Waals surface area (Å²) in [5.41, 5.74) is -0.515. The molecule has 16 heavy (non-hydrogen) atoms. The van der Waals surface area contributed by atoms with Crippen LogP contribution in [0.2, 0.25) is 0 Å². The Kier molecular flexibility index (Phi) is 3.68. The lowest BCUT2D eigenvalue weighted by Gasteiger charge is -2.28. The number of nitrogens with zero attached hydrogens (tertiary/aromatic N) is 1. The van der Waals surface area contributed by atoms with Crippen LogP contribution >= 0.6 is 0 Å². The van der Waals surface area contributed by atoms with Crippen LogP contribution in [0, 0.1) is 11.3 Å². The van der Waals surface area contributed by atoms with Crippen molar-refractivity contribution in [1.29, 1.82) is 0 Å². The van der Waals surface area contributed by atoms with Crippen LogP contribution in [0.1, 0.15) is 47.5 Å². The van der Waals surface area contributed by atoms with Gasteiger partial charge in [-0.05, 0) is 24.7 Å². The van der Waals surface area contributed by atoms with E-state index in [-0.39, 0.29) is 11.3 Å². The van der Waals surface area contributed by atoms with Gasteiger partial charge in [-0.1, -0.05) is 27.7 Å². The zero-order chi connectivity index (χ0) is 12.6. The molecule has 0 radical (unpaired) electrons. The minimum Gasteiger partial charge on any atom is -0.388 e. The molecular weight excluding hydrogens is 202 g/mol. The van der Waals surface area contributed by atoms with Crippen molar-refractivity contribution in [1.82, 2.24) is 4.90 Å². The van der Waals surface area contributed by atoms with E-state index in [1.807, 2.05) is 0 Å². The summed E-state index contributed by atoms with van der Waals surface area (Å²) in [4.78, 5) is 13.8. The van der Waals surface area contributed by atoms with Crippen LogP contribution in [0.3, 0.4) is 0 Å². The van der Waals surface area contributed by atoms with Crippen molar-refractivity contribution in [3.8, 4) is 0 Å². The first-order valence-electron chi connectivity index (χ1n) is 6.12. The zero-order valence-corrected chi connectivity index (χ0v) is 11.2. The van der Waals surface area contributed by atoms with E-state index in [1.165, 1.54) is 0 Å². The lowest BCUT2D eigenvalue weighted by atomic mass is 9.80. The Hall–Kier alpha value is -0.570. The van der Waals surface area contributed by atoms with Crippen LogP contribution in [0.25, 0.3) is 0 Å². The molecule has 94 valence electrons. The molecule has 0 aromatic rings. The number of amides is 1. The second-order valence-electron chi connectivity index (χ2n) is 6.53. The van der Waals surface area contributed by atoms with Crippen LogP contribution in [-0.2, 0) is 4.79 Å². The van der Waals surface area contributed by atoms with E-state index < -0.39 is 5.60 Å². The number of rotatable bonds is 2. The largest absolute Gasteiger partial charge is 0.388 e. The molecule has 0 aliphatic carbocycles. The van der Waals surface area contributed by atoms with Crippen LogP contribution in [0.5, 0.6) is 0 Å². The Balaban J connectivity index is 2.49. The van der Waals surface area contributed by atoms with Crippen molar-refractivity contribution in [2.24, 2.45) is 11.3 Å². The molecular formula is C13H25NO2. The first-order chi connectivity index (χ1) is 7.12. The molecule has 0 spiro atoms. The summed E-state index contributed by atoms with van der Waals surface area (Å²) in [6.45, 7) is 11.6. The van der Waals surface area contributed by atoms with E-state index >= 15 is 0 Å². The van der Waals surface area contributed by atoms with Gasteiger partial charge in [-0.15, -0.1) is 0 Å². The molecule has 3 heteroatoms. The summed E-state index contributed by atoms with van der Waals surface area (Å²) < 4.78 is 0. The minimum absolute atomic E-state index is 0.165.